The number of pyridine rings is 1. The quantitative estimate of drug-likeness (QED) is 0.416. The number of hydrogen-bond donors (Lipinski definition) is 2. The van der Waals surface area contributed by atoms with Crippen LogP contribution in [0.25, 0.3) is 12.2 Å². The van der Waals surface area contributed by atoms with Crippen molar-refractivity contribution in [2.24, 2.45) is 0 Å². The van der Waals surface area contributed by atoms with Gasteiger partial charge >= 0.3 is 4.87 Å². The normalized spacial score (nSPS) is 18.0. The third kappa shape index (κ3) is 6.25. The van der Waals surface area contributed by atoms with Crippen LogP contribution < -0.4 is 14.9 Å². The van der Waals surface area contributed by atoms with Crippen molar-refractivity contribution in [1.29, 1.82) is 0 Å². The minimum atomic E-state index is -0.670. The molecule has 1 amide bonds. The number of benzene rings is 1. The van der Waals surface area contributed by atoms with Crippen LogP contribution in [0.5, 0.6) is 5.75 Å². The van der Waals surface area contributed by atoms with Crippen molar-refractivity contribution in [1.82, 2.24) is 25.4 Å². The number of nitrogens with zero attached hydrogens (tertiary/aromatic N) is 3. The number of nitrogens with one attached hydrogen (secondary N) is 2. The van der Waals surface area contributed by atoms with Gasteiger partial charge < -0.3 is 15.0 Å². The third-order valence-electron chi connectivity index (χ3n) is 6.64. The Bertz CT molecular complexity index is 1400. The summed E-state index contributed by atoms with van der Waals surface area (Å²) in [5.41, 5.74) is 3.31. The minimum Gasteiger partial charge on any atom is -0.489 e. The number of allylic oxidation sites excluding steroid dienone is 1. The predicted octanol–water partition coefficient (Wildman–Crippen LogP) is 4.54. The molecule has 4 rings (SSSR count). The highest BCUT2D eigenvalue weighted by molar-refractivity contribution is 7.08. The standard InChI is InChI=1S/C28H32FN5O3S/c1-5-8-24-20(6-2)18(13-17(4)30-24)16-37-19-9-10-21(23(29)14-19)26(35)31-25-11-12-34(7-3)15-22(25)27-32-33-28(36)38-27/h5-6,8-10,13-14,22,25H,2,7,11-12,15-16H2,1,3-4H3,(H,31,35)(H,33,36)/b8-5-. The zero-order chi connectivity index (χ0) is 27.2. The number of likely N-dealkylation sites (N-methyl/N-ethyl adjacent to an activating group) is 1. The van der Waals surface area contributed by atoms with E-state index < -0.39 is 11.7 Å². The second kappa shape index (κ2) is 12.3. The Morgan fingerprint density at radius 1 is 1.39 bits per heavy atom. The van der Waals surface area contributed by atoms with E-state index in [0.29, 0.717) is 23.7 Å². The van der Waals surface area contributed by atoms with Crippen LogP contribution in [-0.2, 0) is 6.61 Å². The van der Waals surface area contributed by atoms with Gasteiger partial charge in [0.25, 0.3) is 5.91 Å². The zero-order valence-corrected chi connectivity index (χ0v) is 22.6. The lowest BCUT2D eigenvalue weighted by atomic mass is 9.92. The van der Waals surface area contributed by atoms with E-state index in [9.17, 15) is 9.59 Å². The molecule has 1 fully saturated rings. The van der Waals surface area contributed by atoms with Crippen molar-refractivity contribution in [2.75, 3.05) is 19.6 Å². The maximum absolute atomic E-state index is 15.1. The number of amides is 1. The van der Waals surface area contributed by atoms with Crippen LogP contribution in [0.3, 0.4) is 0 Å². The number of carbonyl (C=O) groups excluding carboxylic acids is 1. The van der Waals surface area contributed by atoms with Gasteiger partial charge in [-0.2, -0.15) is 5.10 Å². The van der Waals surface area contributed by atoms with Crippen molar-refractivity contribution in [3.8, 4) is 5.75 Å². The predicted molar refractivity (Wildman–Crippen MR) is 148 cm³/mol. The first-order valence-electron chi connectivity index (χ1n) is 12.6. The van der Waals surface area contributed by atoms with Crippen molar-refractivity contribution < 1.29 is 13.9 Å². The Hall–Kier alpha value is -3.63. The molecule has 1 saturated heterocycles. The van der Waals surface area contributed by atoms with Gasteiger partial charge in [-0.05, 0) is 51.1 Å². The first-order chi connectivity index (χ1) is 18.3. The molecule has 1 aromatic carbocycles. The van der Waals surface area contributed by atoms with Crippen LogP contribution in [0.2, 0.25) is 0 Å². The molecule has 0 saturated carbocycles. The van der Waals surface area contributed by atoms with Gasteiger partial charge in [0.15, 0.2) is 0 Å². The molecule has 0 radical (unpaired) electrons. The highest BCUT2D eigenvalue weighted by atomic mass is 32.1. The van der Waals surface area contributed by atoms with Crippen LogP contribution in [0.4, 0.5) is 4.39 Å². The fourth-order valence-electron chi connectivity index (χ4n) is 4.72. The number of H-pyrrole nitrogens is 1. The molecule has 0 bridgehead atoms. The second-order valence-electron chi connectivity index (χ2n) is 9.18. The van der Waals surface area contributed by atoms with Gasteiger partial charge in [-0.15, -0.1) is 0 Å². The van der Waals surface area contributed by atoms with Crippen LogP contribution in [0.15, 0.2) is 41.7 Å². The van der Waals surface area contributed by atoms with Crippen molar-refractivity contribution >= 4 is 29.4 Å². The number of hydrogen-bond acceptors (Lipinski definition) is 7. The highest BCUT2D eigenvalue weighted by Crippen LogP contribution is 2.28. The maximum atomic E-state index is 15.1. The van der Waals surface area contributed by atoms with Crippen molar-refractivity contribution in [3.63, 3.8) is 0 Å². The number of halogens is 1. The molecular weight excluding hydrogens is 505 g/mol. The van der Waals surface area contributed by atoms with Gasteiger partial charge in [0.2, 0.25) is 0 Å². The monoisotopic (exact) mass is 537 g/mol. The summed E-state index contributed by atoms with van der Waals surface area (Å²) in [7, 11) is 0. The summed E-state index contributed by atoms with van der Waals surface area (Å²) in [5, 5.41) is 10.2. The summed E-state index contributed by atoms with van der Waals surface area (Å²) in [6, 6.07) is 5.89. The summed E-state index contributed by atoms with van der Waals surface area (Å²) < 4.78 is 20.9. The van der Waals surface area contributed by atoms with E-state index in [4.69, 9.17) is 4.74 Å². The van der Waals surface area contributed by atoms with Gasteiger partial charge in [-0.25, -0.2) is 9.49 Å². The Morgan fingerprint density at radius 3 is 2.87 bits per heavy atom. The molecule has 3 aromatic rings. The van der Waals surface area contributed by atoms with Crippen LogP contribution in [0, 0.1) is 12.7 Å². The molecule has 8 nitrogen and oxygen atoms in total. The Labute approximate surface area is 225 Å². The molecule has 2 atom stereocenters. The van der Waals surface area contributed by atoms with E-state index in [1.807, 2.05) is 32.1 Å². The summed E-state index contributed by atoms with van der Waals surface area (Å²) in [6.07, 6.45) is 6.22. The summed E-state index contributed by atoms with van der Waals surface area (Å²) in [6.45, 7) is 12.3. The van der Waals surface area contributed by atoms with E-state index in [1.165, 1.54) is 12.1 Å². The number of carbonyl (C=O) groups is 1. The number of aromatic amines is 1. The van der Waals surface area contributed by atoms with E-state index in [-0.39, 0.29) is 29.0 Å². The molecular formula is C28H32FN5O3S. The van der Waals surface area contributed by atoms with Gasteiger partial charge in [-0.1, -0.05) is 37.0 Å². The molecule has 10 heteroatoms. The fourth-order valence-corrected chi connectivity index (χ4v) is 5.49. The molecule has 0 aliphatic carbocycles. The number of rotatable bonds is 9. The Kier molecular flexibility index (Phi) is 8.85. The lowest BCUT2D eigenvalue weighted by Gasteiger charge is -2.37. The van der Waals surface area contributed by atoms with E-state index in [0.717, 1.165) is 46.9 Å². The van der Waals surface area contributed by atoms with E-state index in [2.05, 4.69) is 38.9 Å². The van der Waals surface area contributed by atoms with Crippen LogP contribution in [0.1, 0.15) is 64.1 Å². The molecule has 3 heterocycles. The van der Waals surface area contributed by atoms with Gasteiger partial charge in [-0.3, -0.25) is 14.6 Å². The summed E-state index contributed by atoms with van der Waals surface area (Å²) in [4.78, 5) is 31.3. The number of ether oxygens (including phenoxy) is 1. The Morgan fingerprint density at radius 2 is 2.21 bits per heavy atom. The molecule has 38 heavy (non-hydrogen) atoms. The molecule has 1 aliphatic rings. The SMILES string of the molecule is C=Cc1c(COc2ccc(C(=O)NC3CCN(CC)CC3c3n[nH]c(=O)s3)c(F)c2)cc(C)nc1/C=C\C. The van der Waals surface area contributed by atoms with Gasteiger partial charge in [0, 0.05) is 47.9 Å². The second-order valence-corrected chi connectivity index (χ2v) is 10.2. The number of aryl methyl sites for hydroxylation is 1. The number of piperidine rings is 1. The average molecular weight is 538 g/mol. The first-order valence-corrected chi connectivity index (χ1v) is 13.4. The van der Waals surface area contributed by atoms with Crippen molar-refractivity contribution in [3.05, 3.63) is 85.5 Å². The number of likely N-dealkylation sites (tertiary alicyclic amines) is 1. The molecule has 2 N–H and O–H groups in total. The van der Waals surface area contributed by atoms with E-state index >= 15 is 4.39 Å². The molecule has 200 valence electrons. The molecule has 1 aliphatic heterocycles. The Balaban J connectivity index is 1.47. The summed E-state index contributed by atoms with van der Waals surface area (Å²) in [5.74, 6) is -1.02. The molecule has 0 spiro atoms. The zero-order valence-electron chi connectivity index (χ0n) is 21.8. The lowest BCUT2D eigenvalue weighted by molar-refractivity contribution is 0.0893. The summed E-state index contributed by atoms with van der Waals surface area (Å²) >= 11 is 1.04. The highest BCUT2D eigenvalue weighted by Gasteiger charge is 2.33. The topological polar surface area (TPSA) is 100 Å². The lowest BCUT2D eigenvalue weighted by Crippen LogP contribution is -2.49. The maximum Gasteiger partial charge on any atom is 0.322 e. The van der Waals surface area contributed by atoms with Gasteiger partial charge in [0.1, 0.15) is 23.2 Å². The van der Waals surface area contributed by atoms with Crippen LogP contribution >= 0.6 is 11.3 Å². The number of aromatic nitrogens is 3. The average Bonchev–Trinajstić information content (AvgIpc) is 3.33. The first kappa shape index (κ1) is 27.4. The molecule has 2 aromatic heterocycles. The molecule has 2 unspecified atom stereocenters. The minimum absolute atomic E-state index is 0.0638. The van der Waals surface area contributed by atoms with E-state index in [1.54, 1.807) is 12.1 Å². The van der Waals surface area contributed by atoms with Gasteiger partial charge in [0.05, 0.1) is 11.3 Å². The van der Waals surface area contributed by atoms with Crippen molar-refractivity contribution in [2.45, 2.75) is 45.8 Å². The fraction of sp³-hybridized carbons (Fsp3) is 0.357. The van der Waals surface area contributed by atoms with Crippen LogP contribution in [-0.4, -0.2) is 51.7 Å². The smallest absolute Gasteiger partial charge is 0.322 e. The third-order valence-corrected chi connectivity index (χ3v) is 7.52. The largest absolute Gasteiger partial charge is 0.489 e.